The molecule has 0 saturated heterocycles. The first-order chi connectivity index (χ1) is 23.0. The van der Waals surface area contributed by atoms with Gasteiger partial charge >= 0.3 is 0 Å². The Balaban J connectivity index is 1.29. The van der Waals surface area contributed by atoms with Crippen LogP contribution < -0.4 is 16.0 Å². The van der Waals surface area contributed by atoms with Gasteiger partial charge in [0, 0.05) is 33.4 Å². The maximum absolute atomic E-state index is 13.5. The highest BCUT2D eigenvalue weighted by atomic mass is 32.2. The molecular formula is C38H39N5O3S2. The fraction of sp³-hybridized carbons (Fsp3) is 0.289. The molecule has 0 fully saturated rings. The number of anilines is 2. The quantitative estimate of drug-likeness (QED) is 0.115. The summed E-state index contributed by atoms with van der Waals surface area (Å²) in [6.07, 6.45) is 8.18. The number of pyridine rings is 1. The molecule has 2 atom stereocenters. The van der Waals surface area contributed by atoms with Crippen molar-refractivity contribution in [3.8, 4) is 6.07 Å². The Labute approximate surface area is 290 Å². The van der Waals surface area contributed by atoms with Crippen LogP contribution in [0.3, 0.4) is 0 Å². The van der Waals surface area contributed by atoms with Gasteiger partial charge in [0.1, 0.15) is 16.8 Å². The third-order valence-electron chi connectivity index (χ3n) is 8.40. The number of hydrogen-bond acceptors (Lipinski definition) is 7. The zero-order chi connectivity index (χ0) is 34.3. The van der Waals surface area contributed by atoms with E-state index in [1.807, 2.05) is 25.1 Å². The summed E-state index contributed by atoms with van der Waals surface area (Å²) in [5, 5.41) is 18.9. The van der Waals surface area contributed by atoms with E-state index in [0.717, 1.165) is 29.7 Å². The Morgan fingerprint density at radius 3 is 2.56 bits per heavy atom. The number of benzene rings is 2. The van der Waals surface area contributed by atoms with Crippen molar-refractivity contribution >= 4 is 57.6 Å². The second kappa shape index (κ2) is 15.5. The van der Waals surface area contributed by atoms with E-state index in [4.69, 9.17) is 0 Å². The summed E-state index contributed by atoms with van der Waals surface area (Å²) in [7, 11) is 0. The summed E-state index contributed by atoms with van der Waals surface area (Å²) >= 11 is 2.93. The molecule has 2 aromatic carbocycles. The van der Waals surface area contributed by atoms with E-state index in [0.29, 0.717) is 39.7 Å². The standard InChI is InChI=1S/C38H39N5O3S2/c1-5-32(36(46)43-37-30(22-39)29-17-16-26(38(2,3)4)20-33(29)48-37)47-28-15-9-14-27(21-28)41-35(45)31(19-24-11-10-18-40-23-24)42-34(44)25-12-7-6-8-13-25/h6-15,18-19,21,23,26,32H,5,16-17,20H2,1-4H3,(H,41,45)(H,42,44)(H,43,46)/b31-19-. The molecule has 3 amide bonds. The summed E-state index contributed by atoms with van der Waals surface area (Å²) in [6, 6.07) is 21.8. The summed E-state index contributed by atoms with van der Waals surface area (Å²) in [4.78, 5) is 46.1. The van der Waals surface area contributed by atoms with Crippen LogP contribution in [0.25, 0.3) is 6.08 Å². The number of amides is 3. The first kappa shape index (κ1) is 34.6. The highest BCUT2D eigenvalue weighted by Crippen LogP contribution is 2.44. The topological polar surface area (TPSA) is 124 Å². The van der Waals surface area contributed by atoms with Gasteiger partial charge in [0.05, 0.1) is 10.8 Å². The van der Waals surface area contributed by atoms with Crippen LogP contribution in [0.5, 0.6) is 0 Å². The number of thioether (sulfide) groups is 1. The number of nitrogens with zero attached hydrogens (tertiary/aromatic N) is 2. The smallest absolute Gasteiger partial charge is 0.272 e. The van der Waals surface area contributed by atoms with Gasteiger partial charge in [-0.15, -0.1) is 23.1 Å². The molecule has 4 aromatic rings. The van der Waals surface area contributed by atoms with E-state index < -0.39 is 17.1 Å². The zero-order valence-corrected chi connectivity index (χ0v) is 29.1. The molecule has 246 valence electrons. The number of hydrogen-bond donors (Lipinski definition) is 3. The average molecular weight is 678 g/mol. The van der Waals surface area contributed by atoms with Crippen LogP contribution in [-0.4, -0.2) is 28.0 Å². The molecule has 10 heteroatoms. The normalized spacial score (nSPS) is 15.1. The highest BCUT2D eigenvalue weighted by Gasteiger charge is 2.33. The Kier molecular flexibility index (Phi) is 11.1. The number of rotatable bonds is 10. The van der Waals surface area contributed by atoms with E-state index in [-0.39, 0.29) is 17.0 Å². The Morgan fingerprint density at radius 1 is 1.08 bits per heavy atom. The third-order valence-corrected chi connectivity index (χ3v) is 10.9. The molecule has 8 nitrogen and oxygen atoms in total. The second-order valence-corrected chi connectivity index (χ2v) is 15.2. The highest BCUT2D eigenvalue weighted by molar-refractivity contribution is 8.00. The van der Waals surface area contributed by atoms with Crippen molar-refractivity contribution in [1.29, 1.82) is 5.26 Å². The Hall–Kier alpha value is -4.72. The molecule has 2 heterocycles. The maximum Gasteiger partial charge on any atom is 0.272 e. The van der Waals surface area contributed by atoms with Crippen molar-refractivity contribution < 1.29 is 14.4 Å². The van der Waals surface area contributed by atoms with Gasteiger partial charge < -0.3 is 16.0 Å². The van der Waals surface area contributed by atoms with Gasteiger partial charge in [0.2, 0.25) is 5.91 Å². The maximum atomic E-state index is 13.5. The van der Waals surface area contributed by atoms with Gasteiger partial charge in [0.15, 0.2) is 0 Å². The minimum Gasteiger partial charge on any atom is -0.321 e. The number of nitrogens with one attached hydrogen (secondary N) is 3. The minimum atomic E-state index is -0.505. The lowest BCUT2D eigenvalue weighted by Gasteiger charge is -2.33. The summed E-state index contributed by atoms with van der Waals surface area (Å²) < 4.78 is 0. The summed E-state index contributed by atoms with van der Waals surface area (Å²) in [5.74, 6) is -0.547. The lowest BCUT2D eigenvalue weighted by molar-refractivity contribution is -0.116. The fourth-order valence-corrected chi connectivity index (χ4v) is 7.92. The van der Waals surface area contributed by atoms with E-state index in [1.165, 1.54) is 28.0 Å². The van der Waals surface area contributed by atoms with Gasteiger partial charge in [-0.2, -0.15) is 5.26 Å². The molecule has 1 aliphatic rings. The summed E-state index contributed by atoms with van der Waals surface area (Å²) in [6.45, 7) is 8.73. The average Bonchev–Trinajstić information content (AvgIpc) is 3.43. The monoisotopic (exact) mass is 677 g/mol. The predicted octanol–water partition coefficient (Wildman–Crippen LogP) is 8.08. The summed E-state index contributed by atoms with van der Waals surface area (Å²) in [5.41, 5.74) is 3.50. The fourth-order valence-electron chi connectivity index (χ4n) is 5.63. The van der Waals surface area contributed by atoms with Crippen molar-refractivity contribution in [3.05, 3.63) is 112 Å². The van der Waals surface area contributed by atoms with Crippen LogP contribution in [0.1, 0.15) is 72.5 Å². The number of aromatic nitrogens is 1. The van der Waals surface area contributed by atoms with Gasteiger partial charge in [-0.05, 0) is 90.6 Å². The molecule has 2 unspecified atom stereocenters. The van der Waals surface area contributed by atoms with Crippen LogP contribution in [0.2, 0.25) is 0 Å². The van der Waals surface area contributed by atoms with Crippen LogP contribution in [0, 0.1) is 22.7 Å². The van der Waals surface area contributed by atoms with Crippen LogP contribution in [0.15, 0.2) is 89.7 Å². The number of carbonyl (C=O) groups excluding carboxylic acids is 3. The van der Waals surface area contributed by atoms with Crippen molar-refractivity contribution in [2.24, 2.45) is 11.3 Å². The Bertz CT molecular complexity index is 1860. The van der Waals surface area contributed by atoms with Crippen molar-refractivity contribution in [2.45, 2.75) is 63.5 Å². The van der Waals surface area contributed by atoms with Crippen molar-refractivity contribution in [2.75, 3.05) is 10.6 Å². The van der Waals surface area contributed by atoms with E-state index in [2.05, 4.69) is 47.8 Å². The van der Waals surface area contributed by atoms with E-state index in [9.17, 15) is 19.6 Å². The van der Waals surface area contributed by atoms with Crippen LogP contribution >= 0.6 is 23.1 Å². The van der Waals surface area contributed by atoms with Gasteiger partial charge in [0.25, 0.3) is 11.8 Å². The molecule has 48 heavy (non-hydrogen) atoms. The second-order valence-electron chi connectivity index (χ2n) is 12.8. The minimum absolute atomic E-state index is 0.0569. The molecule has 5 rings (SSSR count). The Morgan fingerprint density at radius 2 is 1.88 bits per heavy atom. The SMILES string of the molecule is CCC(Sc1cccc(NC(=O)/C(=C/c2cccnc2)NC(=O)c2ccccc2)c1)C(=O)Nc1sc2c(c1C#N)CCC(C(C)(C)C)C2. The van der Waals surface area contributed by atoms with Crippen LogP contribution in [-0.2, 0) is 22.4 Å². The van der Waals surface area contributed by atoms with Gasteiger partial charge in [-0.1, -0.05) is 58.0 Å². The lowest BCUT2D eigenvalue weighted by Crippen LogP contribution is -2.30. The molecule has 2 aromatic heterocycles. The number of nitriles is 1. The molecule has 3 N–H and O–H groups in total. The number of fused-ring (bicyclic) bond motifs is 1. The molecule has 0 saturated carbocycles. The van der Waals surface area contributed by atoms with Gasteiger partial charge in [-0.3, -0.25) is 19.4 Å². The predicted molar refractivity (Wildman–Crippen MR) is 194 cm³/mol. The first-order valence-electron chi connectivity index (χ1n) is 16.0. The number of thiophene rings is 1. The van der Waals surface area contributed by atoms with E-state index >= 15 is 0 Å². The molecule has 0 aliphatic heterocycles. The van der Waals surface area contributed by atoms with Crippen molar-refractivity contribution in [3.63, 3.8) is 0 Å². The molecular weight excluding hydrogens is 639 g/mol. The van der Waals surface area contributed by atoms with Crippen LogP contribution in [0.4, 0.5) is 10.7 Å². The third kappa shape index (κ3) is 8.59. The molecule has 1 aliphatic carbocycles. The molecule has 0 bridgehead atoms. The number of carbonyl (C=O) groups is 3. The largest absolute Gasteiger partial charge is 0.321 e. The lowest BCUT2D eigenvalue weighted by atomic mass is 9.72. The molecule has 0 spiro atoms. The molecule has 0 radical (unpaired) electrons. The van der Waals surface area contributed by atoms with E-state index in [1.54, 1.807) is 67.0 Å². The van der Waals surface area contributed by atoms with Gasteiger partial charge in [-0.25, -0.2) is 0 Å². The van der Waals surface area contributed by atoms with Crippen molar-refractivity contribution in [1.82, 2.24) is 10.3 Å². The zero-order valence-electron chi connectivity index (χ0n) is 27.5. The first-order valence-corrected chi connectivity index (χ1v) is 17.7.